The van der Waals surface area contributed by atoms with Crippen molar-refractivity contribution < 1.29 is 13.5 Å². The maximum absolute atomic E-state index is 11.3. The van der Waals surface area contributed by atoms with Crippen LogP contribution in [0.3, 0.4) is 0 Å². The highest BCUT2D eigenvalue weighted by atomic mass is 32.2. The van der Waals surface area contributed by atoms with Crippen LogP contribution in [-0.2, 0) is 10.0 Å². The molecule has 0 aromatic rings. The Bertz CT molecular complexity index is 284. The molecular weight excluding hydrogens is 228 g/mol. The molecule has 1 rings (SSSR count). The molecule has 1 aliphatic heterocycles. The van der Waals surface area contributed by atoms with Crippen LogP contribution in [0.1, 0.15) is 19.3 Å². The second-order valence-electron chi connectivity index (χ2n) is 4.29. The average molecular weight is 250 g/mol. The van der Waals surface area contributed by atoms with Crippen molar-refractivity contribution in [2.45, 2.75) is 19.3 Å². The summed E-state index contributed by atoms with van der Waals surface area (Å²) in [7, 11) is -3.00. The zero-order valence-electron chi connectivity index (χ0n) is 9.93. The smallest absolute Gasteiger partial charge is 0.211 e. The minimum Gasteiger partial charge on any atom is -0.396 e. The van der Waals surface area contributed by atoms with Gasteiger partial charge in [0.05, 0.1) is 6.26 Å². The van der Waals surface area contributed by atoms with E-state index in [9.17, 15) is 8.42 Å². The number of unbranched alkanes of at least 4 members (excludes halogenated alkanes) is 2. The van der Waals surface area contributed by atoms with E-state index in [0.717, 1.165) is 38.9 Å². The number of hydrogen-bond acceptors (Lipinski definition) is 4. The standard InChI is InChI=1S/C10H22N2O3S/c1-16(14,15)12-8-6-11(7-9-12)5-3-2-4-10-13/h13H,2-10H2,1H3. The van der Waals surface area contributed by atoms with Crippen molar-refractivity contribution in [3.05, 3.63) is 0 Å². The molecule has 1 heterocycles. The van der Waals surface area contributed by atoms with Crippen molar-refractivity contribution in [3.8, 4) is 0 Å². The molecule has 96 valence electrons. The highest BCUT2D eigenvalue weighted by Crippen LogP contribution is 2.07. The maximum Gasteiger partial charge on any atom is 0.211 e. The van der Waals surface area contributed by atoms with Gasteiger partial charge in [0.1, 0.15) is 0 Å². The van der Waals surface area contributed by atoms with E-state index in [1.54, 1.807) is 0 Å². The van der Waals surface area contributed by atoms with Crippen LogP contribution in [-0.4, -0.2) is 68.3 Å². The molecule has 5 nitrogen and oxygen atoms in total. The lowest BCUT2D eigenvalue weighted by molar-refractivity contribution is 0.184. The SMILES string of the molecule is CS(=O)(=O)N1CCN(CCCCCO)CC1. The molecule has 1 N–H and O–H groups in total. The van der Waals surface area contributed by atoms with Gasteiger partial charge in [-0.2, -0.15) is 4.31 Å². The predicted molar refractivity (Wildman–Crippen MR) is 63.8 cm³/mol. The third-order valence-electron chi connectivity index (χ3n) is 2.93. The lowest BCUT2D eigenvalue weighted by Gasteiger charge is -2.33. The van der Waals surface area contributed by atoms with E-state index in [1.165, 1.54) is 10.6 Å². The van der Waals surface area contributed by atoms with Gasteiger partial charge in [-0.3, -0.25) is 0 Å². The molecule has 6 heteroatoms. The number of aliphatic hydroxyl groups excluding tert-OH is 1. The summed E-state index contributed by atoms with van der Waals surface area (Å²) in [4.78, 5) is 2.29. The fourth-order valence-electron chi connectivity index (χ4n) is 1.91. The highest BCUT2D eigenvalue weighted by molar-refractivity contribution is 7.88. The second-order valence-corrected chi connectivity index (χ2v) is 6.27. The normalized spacial score (nSPS) is 20.1. The van der Waals surface area contributed by atoms with Crippen LogP contribution in [0, 0.1) is 0 Å². The first-order valence-corrected chi connectivity index (χ1v) is 7.67. The van der Waals surface area contributed by atoms with Crippen LogP contribution in [0.4, 0.5) is 0 Å². The van der Waals surface area contributed by atoms with Crippen molar-refractivity contribution in [3.63, 3.8) is 0 Å². The number of sulfonamides is 1. The Balaban J connectivity index is 2.17. The first-order chi connectivity index (χ1) is 7.54. The Morgan fingerprint density at radius 2 is 1.69 bits per heavy atom. The average Bonchev–Trinajstić information content (AvgIpc) is 2.24. The first kappa shape index (κ1) is 13.9. The molecule has 0 saturated carbocycles. The molecule has 0 amide bonds. The van der Waals surface area contributed by atoms with Gasteiger partial charge < -0.3 is 10.0 Å². The summed E-state index contributed by atoms with van der Waals surface area (Å²) in [5.41, 5.74) is 0. The monoisotopic (exact) mass is 250 g/mol. The summed E-state index contributed by atoms with van der Waals surface area (Å²) in [6.07, 6.45) is 4.26. The quantitative estimate of drug-likeness (QED) is 0.659. The third kappa shape index (κ3) is 4.78. The van der Waals surface area contributed by atoms with E-state index in [1.807, 2.05) is 0 Å². The zero-order valence-corrected chi connectivity index (χ0v) is 10.7. The summed E-state index contributed by atoms with van der Waals surface area (Å²) < 4.78 is 24.1. The van der Waals surface area contributed by atoms with Crippen molar-refractivity contribution in [2.75, 3.05) is 45.6 Å². The fraction of sp³-hybridized carbons (Fsp3) is 1.00. The Morgan fingerprint density at radius 1 is 1.06 bits per heavy atom. The molecule has 1 aliphatic rings. The van der Waals surface area contributed by atoms with Crippen LogP contribution in [0.2, 0.25) is 0 Å². The lowest BCUT2D eigenvalue weighted by Crippen LogP contribution is -2.48. The van der Waals surface area contributed by atoms with Gasteiger partial charge in [-0.15, -0.1) is 0 Å². The van der Waals surface area contributed by atoms with Crippen molar-refractivity contribution >= 4 is 10.0 Å². The van der Waals surface area contributed by atoms with E-state index in [0.29, 0.717) is 13.1 Å². The van der Waals surface area contributed by atoms with E-state index in [-0.39, 0.29) is 6.61 Å². The second kappa shape index (κ2) is 6.54. The van der Waals surface area contributed by atoms with Gasteiger partial charge in [-0.1, -0.05) is 0 Å². The Labute approximate surface area is 98.1 Å². The van der Waals surface area contributed by atoms with Gasteiger partial charge in [0.25, 0.3) is 0 Å². The summed E-state index contributed by atoms with van der Waals surface area (Å²) in [5, 5.41) is 8.64. The molecule has 0 atom stereocenters. The van der Waals surface area contributed by atoms with Crippen LogP contribution >= 0.6 is 0 Å². The Hall–Kier alpha value is -0.170. The number of hydrogen-bond donors (Lipinski definition) is 1. The fourth-order valence-corrected chi connectivity index (χ4v) is 2.74. The third-order valence-corrected chi connectivity index (χ3v) is 4.24. The van der Waals surface area contributed by atoms with Gasteiger partial charge in [-0.05, 0) is 25.8 Å². The molecule has 16 heavy (non-hydrogen) atoms. The first-order valence-electron chi connectivity index (χ1n) is 5.82. The molecule has 0 spiro atoms. The molecule has 0 bridgehead atoms. The maximum atomic E-state index is 11.3. The van der Waals surface area contributed by atoms with Crippen LogP contribution in [0.15, 0.2) is 0 Å². The largest absolute Gasteiger partial charge is 0.396 e. The summed E-state index contributed by atoms with van der Waals surface area (Å²) in [6.45, 7) is 4.15. The topological polar surface area (TPSA) is 60.9 Å². The highest BCUT2D eigenvalue weighted by Gasteiger charge is 2.22. The molecule has 1 fully saturated rings. The molecular formula is C10H22N2O3S. The number of piperazine rings is 1. The van der Waals surface area contributed by atoms with Crippen LogP contribution in [0.5, 0.6) is 0 Å². The number of nitrogens with zero attached hydrogens (tertiary/aromatic N) is 2. The van der Waals surface area contributed by atoms with Crippen molar-refractivity contribution in [2.24, 2.45) is 0 Å². The van der Waals surface area contributed by atoms with E-state index >= 15 is 0 Å². The Kier molecular flexibility index (Phi) is 5.68. The predicted octanol–water partition coefficient (Wildman–Crippen LogP) is -0.274. The lowest BCUT2D eigenvalue weighted by atomic mass is 10.2. The van der Waals surface area contributed by atoms with Crippen molar-refractivity contribution in [1.82, 2.24) is 9.21 Å². The van der Waals surface area contributed by atoms with E-state index in [4.69, 9.17) is 5.11 Å². The zero-order chi connectivity index (χ0) is 12.0. The molecule has 0 aromatic heterocycles. The summed E-state index contributed by atoms with van der Waals surface area (Å²) in [5.74, 6) is 0. The van der Waals surface area contributed by atoms with Gasteiger partial charge in [0.15, 0.2) is 0 Å². The number of rotatable bonds is 6. The van der Waals surface area contributed by atoms with Gasteiger partial charge in [-0.25, -0.2) is 8.42 Å². The van der Waals surface area contributed by atoms with Crippen LogP contribution < -0.4 is 0 Å². The van der Waals surface area contributed by atoms with Gasteiger partial charge in [0, 0.05) is 32.8 Å². The molecule has 1 saturated heterocycles. The molecule has 0 unspecified atom stereocenters. The van der Waals surface area contributed by atoms with Crippen LogP contribution in [0.25, 0.3) is 0 Å². The minimum absolute atomic E-state index is 0.266. The van der Waals surface area contributed by atoms with E-state index < -0.39 is 10.0 Å². The van der Waals surface area contributed by atoms with Gasteiger partial charge >= 0.3 is 0 Å². The molecule has 0 aromatic carbocycles. The van der Waals surface area contributed by atoms with Crippen molar-refractivity contribution in [1.29, 1.82) is 0 Å². The Morgan fingerprint density at radius 3 is 2.19 bits per heavy atom. The summed E-state index contributed by atoms with van der Waals surface area (Å²) >= 11 is 0. The number of aliphatic hydroxyl groups is 1. The van der Waals surface area contributed by atoms with E-state index in [2.05, 4.69) is 4.90 Å². The minimum atomic E-state index is -3.00. The molecule has 0 radical (unpaired) electrons. The summed E-state index contributed by atoms with van der Waals surface area (Å²) in [6, 6.07) is 0. The molecule has 0 aliphatic carbocycles. The van der Waals surface area contributed by atoms with Gasteiger partial charge in [0.2, 0.25) is 10.0 Å².